The van der Waals surface area contributed by atoms with Crippen LogP contribution in [0.2, 0.25) is 0 Å². The SMILES string of the molecule is CC(C)(C#Cc1cccc2c1OCCCN2c1nc2nncn2c2c(F)cccc12)C(F)(F)F. The van der Waals surface area contributed by atoms with Crippen molar-refractivity contribution in [3.8, 4) is 17.6 Å². The van der Waals surface area contributed by atoms with Crippen LogP contribution in [0.1, 0.15) is 25.8 Å². The van der Waals surface area contributed by atoms with E-state index < -0.39 is 17.4 Å². The second-order valence-electron chi connectivity index (χ2n) is 8.45. The highest BCUT2D eigenvalue weighted by molar-refractivity contribution is 5.94. The van der Waals surface area contributed by atoms with Gasteiger partial charge in [-0.1, -0.05) is 24.0 Å². The first-order valence-corrected chi connectivity index (χ1v) is 10.6. The van der Waals surface area contributed by atoms with Crippen LogP contribution in [0.3, 0.4) is 0 Å². The highest BCUT2D eigenvalue weighted by atomic mass is 19.4. The number of anilines is 2. The van der Waals surface area contributed by atoms with Crippen LogP contribution >= 0.6 is 0 Å². The van der Waals surface area contributed by atoms with Gasteiger partial charge in [-0.05, 0) is 44.5 Å². The molecule has 0 fully saturated rings. The molecule has 1 aliphatic heterocycles. The van der Waals surface area contributed by atoms with E-state index in [1.807, 2.05) is 4.90 Å². The molecular formula is C24H19F4N5O. The lowest BCUT2D eigenvalue weighted by Crippen LogP contribution is -2.30. The smallest absolute Gasteiger partial charge is 0.404 e. The highest BCUT2D eigenvalue weighted by Gasteiger charge is 2.46. The Morgan fingerprint density at radius 1 is 1.09 bits per heavy atom. The van der Waals surface area contributed by atoms with E-state index in [-0.39, 0.29) is 11.3 Å². The number of fused-ring (bicyclic) bond motifs is 4. The summed E-state index contributed by atoms with van der Waals surface area (Å²) in [5.74, 6) is 5.58. The summed E-state index contributed by atoms with van der Waals surface area (Å²) in [7, 11) is 0. The van der Waals surface area contributed by atoms with E-state index in [4.69, 9.17) is 4.74 Å². The molecule has 0 unspecified atom stereocenters. The molecule has 0 amide bonds. The molecule has 0 N–H and O–H groups in total. The first kappa shape index (κ1) is 21.9. The quantitative estimate of drug-likeness (QED) is 0.281. The van der Waals surface area contributed by atoms with Gasteiger partial charge < -0.3 is 9.64 Å². The van der Waals surface area contributed by atoms with Crippen molar-refractivity contribution < 1.29 is 22.3 Å². The third kappa shape index (κ3) is 3.57. The molecule has 5 rings (SSSR count). The van der Waals surface area contributed by atoms with Gasteiger partial charge in [0.1, 0.15) is 23.4 Å². The lowest BCUT2D eigenvalue weighted by Gasteiger charge is -2.25. The minimum absolute atomic E-state index is 0.224. The van der Waals surface area contributed by atoms with Gasteiger partial charge in [-0.15, -0.1) is 10.2 Å². The third-order valence-corrected chi connectivity index (χ3v) is 5.74. The lowest BCUT2D eigenvalue weighted by molar-refractivity contribution is -0.190. The molecule has 4 aromatic rings. The Bertz CT molecular complexity index is 1470. The van der Waals surface area contributed by atoms with Gasteiger partial charge in [0.25, 0.3) is 5.78 Å². The first-order valence-electron chi connectivity index (χ1n) is 10.6. The van der Waals surface area contributed by atoms with Crippen molar-refractivity contribution in [3.05, 3.63) is 54.1 Å². The Balaban J connectivity index is 1.70. The van der Waals surface area contributed by atoms with Crippen LogP contribution < -0.4 is 9.64 Å². The van der Waals surface area contributed by atoms with E-state index in [9.17, 15) is 17.6 Å². The molecule has 0 spiro atoms. The van der Waals surface area contributed by atoms with Gasteiger partial charge in [0.2, 0.25) is 0 Å². The Morgan fingerprint density at radius 2 is 1.88 bits per heavy atom. The topological polar surface area (TPSA) is 55.5 Å². The highest BCUT2D eigenvalue weighted by Crippen LogP contribution is 2.41. The number of ether oxygens (including phenoxy) is 1. The van der Waals surface area contributed by atoms with Crippen molar-refractivity contribution in [2.24, 2.45) is 5.41 Å². The number of hydrogen-bond acceptors (Lipinski definition) is 5. The molecule has 10 heteroatoms. The van der Waals surface area contributed by atoms with Gasteiger partial charge in [-0.2, -0.15) is 18.2 Å². The van der Waals surface area contributed by atoms with Crippen molar-refractivity contribution >= 4 is 28.2 Å². The largest absolute Gasteiger partial charge is 0.490 e. The minimum atomic E-state index is -4.47. The molecule has 0 radical (unpaired) electrons. The average molecular weight is 469 g/mol. The van der Waals surface area contributed by atoms with Crippen LogP contribution in [-0.2, 0) is 0 Å². The van der Waals surface area contributed by atoms with E-state index in [2.05, 4.69) is 27.0 Å². The molecule has 2 aromatic carbocycles. The summed E-state index contributed by atoms with van der Waals surface area (Å²) in [6.07, 6.45) is -2.47. The van der Waals surface area contributed by atoms with Gasteiger partial charge in [0, 0.05) is 11.9 Å². The zero-order valence-corrected chi connectivity index (χ0v) is 18.3. The molecule has 0 bridgehead atoms. The molecule has 0 atom stereocenters. The molecule has 0 saturated carbocycles. The molecular weight excluding hydrogens is 450 g/mol. The fraction of sp³-hybridized carbons (Fsp3) is 0.292. The van der Waals surface area contributed by atoms with Crippen molar-refractivity contribution in [3.63, 3.8) is 0 Å². The molecule has 34 heavy (non-hydrogen) atoms. The normalized spacial score (nSPS) is 14.4. The Hall–Kier alpha value is -3.87. The zero-order valence-electron chi connectivity index (χ0n) is 18.3. The van der Waals surface area contributed by atoms with Crippen LogP contribution in [-0.4, -0.2) is 38.9 Å². The van der Waals surface area contributed by atoms with E-state index >= 15 is 0 Å². The number of para-hydroxylation sites is 2. The summed E-state index contributed by atoms with van der Waals surface area (Å²) in [4.78, 5) is 6.48. The fourth-order valence-electron chi connectivity index (χ4n) is 3.78. The van der Waals surface area contributed by atoms with Gasteiger partial charge in [0.05, 0.1) is 23.4 Å². The zero-order chi connectivity index (χ0) is 24.1. The summed E-state index contributed by atoms with van der Waals surface area (Å²) in [6.45, 7) is 2.89. The minimum Gasteiger partial charge on any atom is -0.490 e. The van der Waals surface area contributed by atoms with E-state index in [0.717, 1.165) is 13.8 Å². The van der Waals surface area contributed by atoms with E-state index in [1.165, 1.54) is 16.8 Å². The predicted molar refractivity (Wildman–Crippen MR) is 119 cm³/mol. The van der Waals surface area contributed by atoms with Gasteiger partial charge in [0.15, 0.2) is 5.75 Å². The number of nitrogens with zero attached hydrogens (tertiary/aromatic N) is 5. The molecule has 1 aliphatic rings. The second-order valence-corrected chi connectivity index (χ2v) is 8.45. The van der Waals surface area contributed by atoms with Crippen LogP contribution in [0.5, 0.6) is 5.75 Å². The summed E-state index contributed by atoms with van der Waals surface area (Å²) in [5.41, 5.74) is -0.993. The van der Waals surface area contributed by atoms with Crippen molar-refractivity contribution in [1.29, 1.82) is 0 Å². The number of halogens is 4. The van der Waals surface area contributed by atoms with Crippen LogP contribution in [0, 0.1) is 23.1 Å². The average Bonchev–Trinajstić information content (AvgIpc) is 3.15. The second kappa shape index (κ2) is 7.87. The monoisotopic (exact) mass is 469 g/mol. The maximum absolute atomic E-state index is 14.8. The number of benzene rings is 2. The lowest BCUT2D eigenvalue weighted by atomic mass is 9.93. The molecule has 174 valence electrons. The maximum Gasteiger partial charge on any atom is 0.404 e. The first-order chi connectivity index (χ1) is 16.2. The fourth-order valence-corrected chi connectivity index (χ4v) is 3.78. The van der Waals surface area contributed by atoms with Crippen molar-refractivity contribution in [2.75, 3.05) is 18.1 Å². The van der Waals surface area contributed by atoms with Crippen molar-refractivity contribution in [2.45, 2.75) is 26.4 Å². The molecule has 6 nitrogen and oxygen atoms in total. The molecule has 3 heterocycles. The predicted octanol–water partition coefficient (Wildman–Crippen LogP) is 5.28. The third-order valence-electron chi connectivity index (χ3n) is 5.74. The van der Waals surface area contributed by atoms with E-state index in [0.29, 0.717) is 47.8 Å². The van der Waals surface area contributed by atoms with Gasteiger partial charge in [-0.25, -0.2) is 4.39 Å². The Morgan fingerprint density at radius 3 is 2.68 bits per heavy atom. The Kier molecular flexibility index (Phi) is 5.08. The van der Waals surface area contributed by atoms with Crippen molar-refractivity contribution in [1.82, 2.24) is 19.6 Å². The summed E-state index contributed by atoms with van der Waals surface area (Å²) in [5, 5.41) is 8.38. The van der Waals surface area contributed by atoms with E-state index in [1.54, 1.807) is 30.3 Å². The van der Waals surface area contributed by atoms with Crippen LogP contribution in [0.25, 0.3) is 16.7 Å². The molecule has 2 aromatic heterocycles. The number of hydrogen-bond donors (Lipinski definition) is 0. The summed E-state index contributed by atoms with van der Waals surface area (Å²) >= 11 is 0. The van der Waals surface area contributed by atoms with Gasteiger partial charge >= 0.3 is 6.18 Å². The Labute approximate surface area is 192 Å². The molecule has 0 saturated heterocycles. The molecule has 0 aliphatic carbocycles. The van der Waals surface area contributed by atoms with Gasteiger partial charge in [-0.3, -0.25) is 4.40 Å². The van der Waals surface area contributed by atoms with Crippen LogP contribution in [0.4, 0.5) is 29.1 Å². The number of alkyl halides is 3. The number of rotatable bonds is 1. The maximum atomic E-state index is 14.8. The standard InChI is InChI=1S/C24H19F4N5O/c1-23(2,24(26,27)28)11-10-15-6-3-9-18-20(15)34-13-5-12-32(18)21-16-7-4-8-17(25)19(16)33-14-29-31-22(33)30-21/h3-4,6-9,14H,5,12-13H2,1-2H3. The number of aromatic nitrogens is 4. The van der Waals surface area contributed by atoms with Crippen LogP contribution in [0.15, 0.2) is 42.7 Å². The summed E-state index contributed by atoms with van der Waals surface area (Å²) in [6, 6.07) is 9.79. The summed E-state index contributed by atoms with van der Waals surface area (Å²) < 4.78 is 62.2.